The van der Waals surface area contributed by atoms with Crippen molar-refractivity contribution in [3.8, 4) is 6.01 Å². The summed E-state index contributed by atoms with van der Waals surface area (Å²) in [5.41, 5.74) is 11.0. The van der Waals surface area contributed by atoms with E-state index in [0.29, 0.717) is 52.0 Å². The van der Waals surface area contributed by atoms with Gasteiger partial charge in [-0.25, -0.2) is 0 Å². The largest absolute Gasteiger partial charge is 0.463 e. The molecule has 2 N–H and O–H groups in total. The number of hydrogen-bond acceptors (Lipinski definition) is 9. The van der Waals surface area contributed by atoms with Crippen molar-refractivity contribution >= 4 is 50.7 Å². The lowest BCUT2D eigenvalue weighted by molar-refractivity contribution is -0.131. The molecule has 1 amide bonds. The van der Waals surface area contributed by atoms with Crippen molar-refractivity contribution < 1.29 is 14.3 Å². The van der Waals surface area contributed by atoms with E-state index >= 15 is 0 Å². The SMILES string of the molecule is C/C=C1\C(=NC(C)CC)C(Br)=Cc2nc(OCC(C)(CCCC)CCCCC)nc(N3CCCN=C(/C=C(\N)C(=O)N4CCOCC4)C3)c21. The van der Waals surface area contributed by atoms with Gasteiger partial charge in [0.05, 0.1) is 54.7 Å². The molecule has 1 aromatic heterocycles. The molecule has 0 radical (unpaired) electrons. The minimum atomic E-state index is -0.181. The summed E-state index contributed by atoms with van der Waals surface area (Å²) >= 11 is 3.83. The lowest BCUT2D eigenvalue weighted by Crippen LogP contribution is -2.43. The van der Waals surface area contributed by atoms with Crippen LogP contribution >= 0.6 is 15.9 Å². The number of fused-ring (bicyclic) bond motifs is 1. The van der Waals surface area contributed by atoms with Crippen LogP contribution in [0.1, 0.15) is 111 Å². The Labute approximate surface area is 302 Å². The number of carbonyl (C=O) groups excluding carboxylic acids is 1. The van der Waals surface area contributed by atoms with Crippen molar-refractivity contribution in [2.24, 2.45) is 21.1 Å². The average molecular weight is 741 g/mol. The molecule has 4 rings (SSSR count). The molecule has 270 valence electrons. The molecule has 49 heavy (non-hydrogen) atoms. The first-order valence-electron chi connectivity index (χ1n) is 18.4. The zero-order valence-electron chi connectivity index (χ0n) is 30.7. The third-order valence-corrected chi connectivity index (χ3v) is 10.2. The lowest BCUT2D eigenvalue weighted by Gasteiger charge is -2.31. The molecule has 3 heterocycles. The first-order chi connectivity index (χ1) is 23.6. The van der Waals surface area contributed by atoms with E-state index in [9.17, 15) is 4.79 Å². The minimum absolute atomic E-state index is 0.0450. The van der Waals surface area contributed by atoms with E-state index < -0.39 is 0 Å². The Bertz CT molecular complexity index is 1450. The monoisotopic (exact) mass is 739 g/mol. The Balaban J connectivity index is 1.74. The number of aliphatic imine (C=N–C) groups is 2. The van der Waals surface area contributed by atoms with Crippen molar-refractivity contribution in [3.05, 3.63) is 33.6 Å². The highest BCUT2D eigenvalue weighted by molar-refractivity contribution is 9.12. The fourth-order valence-corrected chi connectivity index (χ4v) is 6.98. The van der Waals surface area contributed by atoms with Gasteiger partial charge in [0.2, 0.25) is 0 Å². The van der Waals surface area contributed by atoms with Crippen molar-refractivity contribution in [3.63, 3.8) is 0 Å². The number of allylic oxidation sites excluding steroid dienone is 3. The molecule has 0 spiro atoms. The van der Waals surface area contributed by atoms with E-state index in [1.54, 1.807) is 11.0 Å². The van der Waals surface area contributed by atoms with Gasteiger partial charge in [-0.05, 0) is 67.6 Å². The molecule has 2 atom stereocenters. The second-order valence-corrected chi connectivity index (χ2v) is 14.7. The van der Waals surface area contributed by atoms with Gasteiger partial charge < -0.3 is 25.0 Å². The van der Waals surface area contributed by atoms with E-state index in [-0.39, 0.29) is 23.1 Å². The molecule has 10 nitrogen and oxygen atoms in total. The highest BCUT2D eigenvalue weighted by Gasteiger charge is 2.31. The molecule has 0 aromatic carbocycles. The molecule has 1 aromatic rings. The fraction of sp³-hybridized carbons (Fsp3) is 0.658. The Hall–Kier alpha value is -3.05. The van der Waals surface area contributed by atoms with Crippen LogP contribution in [-0.4, -0.2) is 90.8 Å². The Morgan fingerprint density at radius 2 is 1.88 bits per heavy atom. The fourth-order valence-electron chi connectivity index (χ4n) is 6.45. The summed E-state index contributed by atoms with van der Waals surface area (Å²) in [6.07, 6.45) is 15.8. The molecular weight excluding hydrogens is 682 g/mol. The predicted molar refractivity (Wildman–Crippen MR) is 206 cm³/mol. The molecule has 2 aliphatic heterocycles. The number of nitrogens with zero attached hydrogens (tertiary/aromatic N) is 6. The van der Waals surface area contributed by atoms with Gasteiger partial charge in [0.1, 0.15) is 5.82 Å². The van der Waals surface area contributed by atoms with Gasteiger partial charge in [-0.3, -0.25) is 14.8 Å². The molecule has 1 aliphatic carbocycles. The molecule has 3 aliphatic rings. The van der Waals surface area contributed by atoms with Crippen LogP contribution in [0.4, 0.5) is 5.82 Å². The summed E-state index contributed by atoms with van der Waals surface area (Å²) in [4.78, 5) is 37.2. The van der Waals surface area contributed by atoms with Gasteiger partial charge in [0.25, 0.3) is 5.91 Å². The second-order valence-electron chi connectivity index (χ2n) is 13.8. The Morgan fingerprint density at radius 3 is 2.57 bits per heavy atom. The van der Waals surface area contributed by atoms with E-state index in [4.69, 9.17) is 35.2 Å². The summed E-state index contributed by atoms with van der Waals surface area (Å²) in [7, 11) is 0. The summed E-state index contributed by atoms with van der Waals surface area (Å²) in [5.74, 6) is 0.600. The zero-order valence-corrected chi connectivity index (χ0v) is 32.3. The van der Waals surface area contributed by atoms with Gasteiger partial charge in [-0.15, -0.1) is 0 Å². The number of nitrogens with two attached hydrogens (primary N) is 1. The van der Waals surface area contributed by atoms with Crippen molar-refractivity contribution in [2.45, 2.75) is 105 Å². The maximum atomic E-state index is 13.1. The number of morpholine rings is 1. The van der Waals surface area contributed by atoms with E-state index in [1.807, 2.05) is 13.0 Å². The Morgan fingerprint density at radius 1 is 1.14 bits per heavy atom. The first-order valence-corrected chi connectivity index (χ1v) is 19.2. The highest BCUT2D eigenvalue weighted by atomic mass is 79.9. The number of anilines is 1. The number of halogens is 1. The van der Waals surface area contributed by atoms with Crippen molar-refractivity contribution in [1.29, 1.82) is 0 Å². The van der Waals surface area contributed by atoms with Gasteiger partial charge in [0.15, 0.2) is 0 Å². The van der Waals surface area contributed by atoms with Crippen molar-refractivity contribution in [2.75, 3.05) is 57.4 Å². The number of ether oxygens (including phenoxy) is 2. The third kappa shape index (κ3) is 10.5. The van der Waals surface area contributed by atoms with Crippen LogP contribution in [0.2, 0.25) is 0 Å². The normalized spacial score (nSPS) is 20.8. The lowest BCUT2D eigenvalue weighted by atomic mass is 9.81. The maximum absolute atomic E-state index is 13.1. The Kier molecular flexibility index (Phi) is 14.9. The van der Waals surface area contributed by atoms with Crippen LogP contribution in [0, 0.1) is 5.41 Å². The van der Waals surface area contributed by atoms with Crippen molar-refractivity contribution in [1.82, 2.24) is 14.9 Å². The van der Waals surface area contributed by atoms with Crippen LogP contribution < -0.4 is 15.4 Å². The number of hydrogen-bond donors (Lipinski definition) is 1. The van der Waals surface area contributed by atoms with Gasteiger partial charge in [-0.2, -0.15) is 9.97 Å². The average Bonchev–Trinajstić information content (AvgIpc) is 3.35. The number of amides is 1. The third-order valence-electron chi connectivity index (χ3n) is 9.63. The van der Waals surface area contributed by atoms with Crippen LogP contribution in [-0.2, 0) is 9.53 Å². The summed E-state index contributed by atoms with van der Waals surface area (Å²) < 4.78 is 12.9. The number of rotatable bonds is 15. The smallest absolute Gasteiger partial charge is 0.318 e. The molecule has 1 saturated heterocycles. The second kappa shape index (κ2) is 18.8. The van der Waals surface area contributed by atoms with E-state index in [1.165, 1.54) is 25.7 Å². The van der Waals surface area contributed by atoms with Gasteiger partial charge in [0, 0.05) is 47.7 Å². The quantitative estimate of drug-likeness (QED) is 0.147. The summed E-state index contributed by atoms with van der Waals surface area (Å²) in [6.45, 7) is 17.6. The predicted octanol–water partition coefficient (Wildman–Crippen LogP) is 7.38. The minimum Gasteiger partial charge on any atom is -0.463 e. The van der Waals surface area contributed by atoms with Crippen LogP contribution in [0.5, 0.6) is 6.01 Å². The molecular formula is C38H58BrN7O3. The number of aromatic nitrogens is 2. The number of carbonyl (C=O) groups is 1. The topological polar surface area (TPSA) is 119 Å². The summed E-state index contributed by atoms with van der Waals surface area (Å²) in [5, 5.41) is 0. The summed E-state index contributed by atoms with van der Waals surface area (Å²) in [6, 6.07) is 0.531. The van der Waals surface area contributed by atoms with Crippen LogP contribution in [0.15, 0.2) is 32.3 Å². The van der Waals surface area contributed by atoms with E-state index in [2.05, 4.69) is 61.5 Å². The van der Waals surface area contributed by atoms with Gasteiger partial charge >= 0.3 is 6.01 Å². The highest BCUT2D eigenvalue weighted by Crippen LogP contribution is 2.40. The number of unbranched alkanes of at least 4 members (excludes halogenated alkanes) is 3. The van der Waals surface area contributed by atoms with Crippen LogP contribution in [0.25, 0.3) is 11.6 Å². The first kappa shape index (κ1) is 38.7. The molecule has 1 fully saturated rings. The van der Waals surface area contributed by atoms with E-state index in [0.717, 1.165) is 77.2 Å². The molecule has 0 saturated carbocycles. The molecule has 11 heteroatoms. The van der Waals surface area contributed by atoms with Gasteiger partial charge in [-0.1, -0.05) is 65.9 Å². The van der Waals surface area contributed by atoms with Crippen LogP contribution in [0.3, 0.4) is 0 Å². The maximum Gasteiger partial charge on any atom is 0.318 e. The zero-order chi connectivity index (χ0) is 35.4. The molecule has 2 unspecified atom stereocenters. The molecule has 0 bridgehead atoms. The standard InChI is InChI=1S/C38H58BrN7O3/c1-7-11-13-16-38(6,15-12-8-2)26-49-37-43-32-24-30(39)34(42-27(5)9-3)29(10-4)33(32)35(44-37)46-18-14-17-41-28(25-46)23-31(40)36(47)45-19-21-48-22-20-45/h10,23-24,27H,7-9,11-22,25-26,40H2,1-6H3/b29-10-,31-23-,42-34?.